The molecule has 2 atom stereocenters. The van der Waals surface area contributed by atoms with Crippen molar-refractivity contribution in [2.24, 2.45) is 5.92 Å². The van der Waals surface area contributed by atoms with Gasteiger partial charge in [0.25, 0.3) is 0 Å². The number of carbonyl (C=O) groups excluding carboxylic acids is 2. The zero-order valence-electron chi connectivity index (χ0n) is 12.2. The minimum Gasteiger partial charge on any atom is -0.468 e. The van der Waals surface area contributed by atoms with Crippen LogP contribution in [0.1, 0.15) is 20.8 Å². The summed E-state index contributed by atoms with van der Waals surface area (Å²) < 4.78 is 60.3. The van der Waals surface area contributed by atoms with Crippen molar-refractivity contribution in [3.05, 3.63) is 0 Å². The van der Waals surface area contributed by atoms with Crippen LogP contribution >= 0.6 is 0 Å². The van der Waals surface area contributed by atoms with Crippen LogP contribution in [0.5, 0.6) is 0 Å². The highest BCUT2D eigenvalue weighted by molar-refractivity contribution is 7.84. The Morgan fingerprint density at radius 1 is 1.05 bits per heavy atom. The van der Waals surface area contributed by atoms with E-state index in [4.69, 9.17) is 0 Å². The number of methoxy groups -OCH3 is 2. The van der Waals surface area contributed by atoms with Crippen molar-refractivity contribution >= 4 is 22.9 Å². The first-order valence-corrected chi connectivity index (χ1v) is 6.91. The Bertz CT molecular complexity index is 403. The van der Waals surface area contributed by atoms with Gasteiger partial charge in [0.2, 0.25) is 0 Å². The lowest BCUT2D eigenvalue weighted by Gasteiger charge is -2.29. The predicted molar refractivity (Wildman–Crippen MR) is 68.4 cm³/mol. The third-order valence-electron chi connectivity index (χ3n) is 2.39. The smallest absolute Gasteiger partial charge is 0.406 e. The summed E-state index contributed by atoms with van der Waals surface area (Å²) in [5, 5.41) is 0. The molecule has 0 radical (unpaired) electrons. The Morgan fingerprint density at radius 3 is 1.67 bits per heavy atom. The normalized spacial score (nSPS) is 15.5. The zero-order valence-corrected chi connectivity index (χ0v) is 13.1. The van der Waals surface area contributed by atoms with Crippen molar-refractivity contribution in [3.8, 4) is 0 Å². The maximum Gasteiger partial charge on any atom is 0.406 e. The summed E-state index contributed by atoms with van der Waals surface area (Å²) in [5.74, 6) is -5.16. The lowest BCUT2D eigenvalue weighted by atomic mass is 10.0. The maximum atomic E-state index is 13.1. The SMILES string of the molecule is COC(=O)C(C(=O)OC)[C@H](NS(=O)C(C)(C)C)C(F)(F)F. The topological polar surface area (TPSA) is 81.7 Å². The second-order valence-corrected chi connectivity index (χ2v) is 7.04. The van der Waals surface area contributed by atoms with E-state index in [1.165, 1.54) is 20.8 Å². The molecule has 6 nitrogen and oxygen atoms in total. The Kier molecular flexibility index (Phi) is 6.81. The molecule has 0 spiro atoms. The number of ether oxygens (including phenoxy) is 2. The molecule has 0 aliphatic heterocycles. The van der Waals surface area contributed by atoms with Gasteiger partial charge in [0.05, 0.1) is 30.0 Å². The molecule has 0 aromatic carbocycles. The van der Waals surface area contributed by atoms with Gasteiger partial charge in [-0.05, 0) is 20.8 Å². The van der Waals surface area contributed by atoms with Gasteiger partial charge in [-0.1, -0.05) is 0 Å². The first kappa shape index (κ1) is 19.8. The van der Waals surface area contributed by atoms with E-state index in [2.05, 4.69) is 9.47 Å². The third kappa shape index (κ3) is 5.62. The van der Waals surface area contributed by atoms with Gasteiger partial charge < -0.3 is 9.47 Å². The monoisotopic (exact) mass is 333 g/mol. The van der Waals surface area contributed by atoms with Crippen LogP contribution in [-0.2, 0) is 30.0 Å². The van der Waals surface area contributed by atoms with E-state index in [-0.39, 0.29) is 0 Å². The molecule has 1 unspecified atom stereocenters. The highest BCUT2D eigenvalue weighted by atomic mass is 32.2. The van der Waals surface area contributed by atoms with Crippen molar-refractivity contribution < 1.29 is 36.4 Å². The molecule has 0 saturated heterocycles. The highest BCUT2D eigenvalue weighted by Gasteiger charge is 2.53. The summed E-state index contributed by atoms with van der Waals surface area (Å²) in [6.45, 7) is 4.32. The first-order chi connectivity index (χ1) is 9.36. The van der Waals surface area contributed by atoms with Crippen molar-refractivity contribution in [2.45, 2.75) is 37.7 Å². The average Bonchev–Trinajstić information content (AvgIpc) is 2.34. The molecule has 21 heavy (non-hydrogen) atoms. The summed E-state index contributed by atoms with van der Waals surface area (Å²) in [6.07, 6.45) is -5.01. The van der Waals surface area contributed by atoms with Gasteiger partial charge in [-0.2, -0.15) is 13.2 Å². The van der Waals surface area contributed by atoms with Crippen LogP contribution in [0, 0.1) is 5.92 Å². The van der Waals surface area contributed by atoms with Gasteiger partial charge >= 0.3 is 18.1 Å². The lowest BCUT2D eigenvalue weighted by molar-refractivity contribution is -0.187. The molecule has 0 aliphatic rings. The molecule has 0 heterocycles. The molecule has 0 fully saturated rings. The van der Waals surface area contributed by atoms with Crippen LogP contribution < -0.4 is 4.72 Å². The predicted octanol–water partition coefficient (Wildman–Crippen LogP) is 0.931. The van der Waals surface area contributed by atoms with E-state index in [0.29, 0.717) is 0 Å². The van der Waals surface area contributed by atoms with E-state index in [1.54, 1.807) is 4.72 Å². The Labute approximate surface area is 122 Å². The van der Waals surface area contributed by atoms with E-state index in [9.17, 15) is 27.0 Å². The summed E-state index contributed by atoms with van der Waals surface area (Å²) in [4.78, 5) is 22.9. The second-order valence-electron chi connectivity index (χ2n) is 5.04. The number of alkyl halides is 3. The van der Waals surface area contributed by atoms with E-state index < -0.39 is 45.8 Å². The molecule has 0 amide bonds. The van der Waals surface area contributed by atoms with Crippen LogP contribution in [-0.4, -0.2) is 47.3 Å². The van der Waals surface area contributed by atoms with E-state index in [1.807, 2.05) is 0 Å². The zero-order chi connectivity index (χ0) is 17.0. The molecular weight excluding hydrogens is 315 g/mol. The summed E-state index contributed by atoms with van der Waals surface area (Å²) in [7, 11) is -0.478. The average molecular weight is 333 g/mol. The number of halogens is 3. The Hall–Kier alpha value is -1.16. The summed E-state index contributed by atoms with van der Waals surface area (Å²) in [6, 6.07) is -2.68. The number of hydrogen-bond donors (Lipinski definition) is 1. The quantitative estimate of drug-likeness (QED) is 0.598. The van der Waals surface area contributed by atoms with Gasteiger partial charge in [-0.25, -0.2) is 8.93 Å². The largest absolute Gasteiger partial charge is 0.468 e. The van der Waals surface area contributed by atoms with Crippen LogP contribution in [0.2, 0.25) is 0 Å². The molecular formula is C11H18F3NO5S. The summed E-state index contributed by atoms with van der Waals surface area (Å²) in [5.41, 5.74) is 0. The van der Waals surface area contributed by atoms with E-state index >= 15 is 0 Å². The standard InChI is InChI=1S/C11H18F3NO5S/c1-10(2,3)21(18)15-7(11(12,13)14)6(8(16)19-4)9(17)20-5/h6-7,15H,1-5H3/t7-,21?/m0/s1. The number of nitrogens with one attached hydrogen (secondary N) is 1. The van der Waals surface area contributed by atoms with Crippen LogP contribution in [0.4, 0.5) is 13.2 Å². The van der Waals surface area contributed by atoms with Crippen molar-refractivity contribution in [1.29, 1.82) is 0 Å². The van der Waals surface area contributed by atoms with Gasteiger partial charge in [0.15, 0.2) is 5.92 Å². The van der Waals surface area contributed by atoms with Gasteiger partial charge in [0, 0.05) is 0 Å². The molecule has 124 valence electrons. The lowest BCUT2D eigenvalue weighted by Crippen LogP contribution is -2.56. The fraction of sp³-hybridized carbons (Fsp3) is 0.818. The molecule has 0 aliphatic carbocycles. The van der Waals surface area contributed by atoms with Crippen molar-refractivity contribution in [3.63, 3.8) is 0 Å². The van der Waals surface area contributed by atoms with Gasteiger partial charge in [-0.15, -0.1) is 0 Å². The summed E-state index contributed by atoms with van der Waals surface area (Å²) >= 11 is 0. The Morgan fingerprint density at radius 2 is 1.43 bits per heavy atom. The third-order valence-corrected chi connectivity index (χ3v) is 3.97. The Balaban J connectivity index is 5.62. The van der Waals surface area contributed by atoms with E-state index in [0.717, 1.165) is 14.2 Å². The van der Waals surface area contributed by atoms with Gasteiger partial charge in [-0.3, -0.25) is 9.59 Å². The van der Waals surface area contributed by atoms with Crippen LogP contribution in [0.3, 0.4) is 0 Å². The first-order valence-electron chi connectivity index (χ1n) is 5.76. The minimum absolute atomic E-state index is 0.840. The molecule has 0 rings (SSSR count). The molecule has 1 N–H and O–H groups in total. The highest BCUT2D eigenvalue weighted by Crippen LogP contribution is 2.28. The van der Waals surface area contributed by atoms with Crippen LogP contribution in [0.25, 0.3) is 0 Å². The second kappa shape index (κ2) is 7.21. The minimum atomic E-state index is -5.01. The number of esters is 2. The van der Waals surface area contributed by atoms with Crippen molar-refractivity contribution in [1.82, 2.24) is 4.72 Å². The number of carbonyl (C=O) groups is 2. The molecule has 0 saturated carbocycles. The van der Waals surface area contributed by atoms with Crippen molar-refractivity contribution in [2.75, 3.05) is 14.2 Å². The van der Waals surface area contributed by atoms with Crippen LogP contribution in [0.15, 0.2) is 0 Å². The fourth-order valence-corrected chi connectivity index (χ4v) is 2.09. The number of rotatable bonds is 5. The molecule has 0 aromatic rings. The fourth-order valence-electron chi connectivity index (χ4n) is 1.24. The molecule has 0 aromatic heterocycles. The maximum absolute atomic E-state index is 13.1. The molecule has 10 heteroatoms. The van der Waals surface area contributed by atoms with Gasteiger partial charge in [0.1, 0.15) is 6.04 Å². The number of hydrogen-bond acceptors (Lipinski definition) is 5. The molecule has 0 bridgehead atoms.